The number of benzene rings is 1. The summed E-state index contributed by atoms with van der Waals surface area (Å²) in [5.41, 5.74) is -0.821. The molecule has 0 aliphatic carbocycles. The van der Waals surface area contributed by atoms with E-state index in [-0.39, 0.29) is 4.90 Å². The molecule has 0 unspecified atom stereocenters. The molecule has 0 atom stereocenters. The molecule has 1 N–H and O–H groups in total. The predicted octanol–water partition coefficient (Wildman–Crippen LogP) is 1.35. The Hall–Kier alpha value is -1.91. The summed E-state index contributed by atoms with van der Waals surface area (Å²) in [4.78, 5) is 11.2. The lowest BCUT2D eigenvalue weighted by Gasteiger charge is -2.30. The van der Waals surface area contributed by atoms with Crippen LogP contribution < -0.4 is 0 Å². The monoisotopic (exact) mass is 296 g/mol. The Morgan fingerprint density at radius 3 is 2.35 bits per heavy atom. The van der Waals surface area contributed by atoms with E-state index in [1.807, 2.05) is 6.07 Å². The number of carbonyl (C=O) groups is 1. The van der Waals surface area contributed by atoms with Gasteiger partial charge in [-0.15, -0.1) is 0 Å². The van der Waals surface area contributed by atoms with Crippen LogP contribution in [0, 0.1) is 18.3 Å². The largest absolute Gasteiger partial charge is 0.480 e. The summed E-state index contributed by atoms with van der Waals surface area (Å²) >= 11 is 0. The average molecular weight is 296 g/mol. The molecule has 0 amide bonds. The standard InChI is InChI=1S/C13H16N2O4S/c1-9-7-10(8-14)5-6-11(9)20(18,19)15(4)13(2,3)12(16)17/h5-7H,1-4H3,(H,16,17). The number of rotatable bonds is 4. The number of carboxylic acids is 1. The normalized spacial score (nSPS) is 12.2. The summed E-state index contributed by atoms with van der Waals surface area (Å²) in [5.74, 6) is -1.24. The first kappa shape index (κ1) is 16.1. The second kappa shape index (κ2) is 5.23. The lowest BCUT2D eigenvalue weighted by atomic mass is 10.1. The highest BCUT2D eigenvalue weighted by atomic mass is 32.2. The number of carboxylic acid groups (broad SMARTS) is 1. The molecule has 1 rings (SSSR count). The number of sulfonamides is 1. The Balaban J connectivity index is 3.39. The van der Waals surface area contributed by atoms with Crippen molar-refractivity contribution in [2.45, 2.75) is 31.2 Å². The van der Waals surface area contributed by atoms with Crippen LogP contribution in [0.3, 0.4) is 0 Å². The molecule has 0 saturated heterocycles. The summed E-state index contributed by atoms with van der Waals surface area (Å²) in [5, 5.41) is 17.9. The van der Waals surface area contributed by atoms with E-state index < -0.39 is 21.5 Å². The van der Waals surface area contributed by atoms with Gasteiger partial charge in [-0.1, -0.05) is 0 Å². The van der Waals surface area contributed by atoms with Crippen molar-refractivity contribution in [2.24, 2.45) is 0 Å². The van der Waals surface area contributed by atoms with Crippen molar-refractivity contribution in [3.63, 3.8) is 0 Å². The first-order chi connectivity index (χ1) is 9.05. The van der Waals surface area contributed by atoms with Crippen LogP contribution in [0.15, 0.2) is 23.1 Å². The van der Waals surface area contributed by atoms with Gasteiger partial charge in [-0.3, -0.25) is 4.79 Å². The predicted molar refractivity (Wildman–Crippen MR) is 72.6 cm³/mol. The number of nitrogens with zero attached hydrogens (tertiary/aromatic N) is 2. The van der Waals surface area contributed by atoms with Crippen LogP contribution >= 0.6 is 0 Å². The number of aliphatic carboxylic acids is 1. The molecule has 1 aromatic carbocycles. The minimum absolute atomic E-state index is 0.00618. The average Bonchev–Trinajstić information content (AvgIpc) is 2.36. The molecule has 0 aliphatic rings. The van der Waals surface area contributed by atoms with Crippen molar-refractivity contribution in [1.82, 2.24) is 4.31 Å². The fourth-order valence-corrected chi connectivity index (χ4v) is 3.27. The van der Waals surface area contributed by atoms with Gasteiger partial charge in [-0.05, 0) is 44.5 Å². The van der Waals surface area contributed by atoms with Gasteiger partial charge in [-0.25, -0.2) is 8.42 Å². The van der Waals surface area contributed by atoms with E-state index in [4.69, 9.17) is 10.4 Å². The SMILES string of the molecule is Cc1cc(C#N)ccc1S(=O)(=O)N(C)C(C)(C)C(=O)O. The summed E-state index contributed by atoms with van der Waals surface area (Å²) in [7, 11) is -2.73. The maximum absolute atomic E-state index is 12.5. The van der Waals surface area contributed by atoms with Gasteiger partial charge in [-0.2, -0.15) is 9.57 Å². The van der Waals surface area contributed by atoms with Crippen LogP contribution in [-0.4, -0.2) is 36.4 Å². The molecule has 6 nitrogen and oxygen atoms in total. The lowest BCUT2D eigenvalue weighted by Crippen LogP contribution is -2.50. The second-order valence-corrected chi connectivity index (χ2v) is 6.87. The highest BCUT2D eigenvalue weighted by molar-refractivity contribution is 7.89. The van der Waals surface area contributed by atoms with Crippen LogP contribution in [-0.2, 0) is 14.8 Å². The Morgan fingerprint density at radius 2 is 1.95 bits per heavy atom. The van der Waals surface area contributed by atoms with Gasteiger partial charge in [0.15, 0.2) is 0 Å². The van der Waals surface area contributed by atoms with Gasteiger partial charge in [0, 0.05) is 7.05 Å². The quantitative estimate of drug-likeness (QED) is 0.904. The topological polar surface area (TPSA) is 98.5 Å². The highest BCUT2D eigenvalue weighted by Crippen LogP contribution is 2.25. The van der Waals surface area contributed by atoms with E-state index >= 15 is 0 Å². The molecular formula is C13H16N2O4S. The van der Waals surface area contributed by atoms with Gasteiger partial charge in [0.05, 0.1) is 16.5 Å². The van der Waals surface area contributed by atoms with Crippen molar-refractivity contribution in [3.05, 3.63) is 29.3 Å². The molecule has 0 bridgehead atoms. The Bertz CT molecular complexity index is 687. The van der Waals surface area contributed by atoms with E-state index in [9.17, 15) is 13.2 Å². The highest BCUT2D eigenvalue weighted by Gasteiger charge is 2.40. The molecule has 0 heterocycles. The zero-order valence-electron chi connectivity index (χ0n) is 11.7. The summed E-state index contributed by atoms with van der Waals surface area (Å²) in [6.45, 7) is 4.19. The Labute approximate surface area is 118 Å². The number of aryl methyl sites for hydroxylation is 1. The fraction of sp³-hybridized carbons (Fsp3) is 0.385. The van der Waals surface area contributed by atoms with E-state index in [1.54, 1.807) is 6.92 Å². The van der Waals surface area contributed by atoms with E-state index in [1.165, 1.54) is 39.1 Å². The van der Waals surface area contributed by atoms with Crippen molar-refractivity contribution in [1.29, 1.82) is 5.26 Å². The van der Waals surface area contributed by atoms with Crippen molar-refractivity contribution in [3.8, 4) is 6.07 Å². The molecule has 0 saturated carbocycles. The smallest absolute Gasteiger partial charge is 0.324 e. The second-order valence-electron chi connectivity index (χ2n) is 4.93. The zero-order chi connectivity index (χ0) is 15.7. The van der Waals surface area contributed by atoms with Crippen LogP contribution in [0.1, 0.15) is 25.0 Å². The molecular weight excluding hydrogens is 280 g/mol. The first-order valence-corrected chi connectivity index (χ1v) is 7.22. The maximum atomic E-state index is 12.5. The molecule has 0 aliphatic heterocycles. The number of hydrogen-bond donors (Lipinski definition) is 1. The summed E-state index contributed by atoms with van der Waals surface area (Å²) < 4.78 is 25.8. The maximum Gasteiger partial charge on any atom is 0.324 e. The van der Waals surface area contributed by atoms with E-state index in [0.29, 0.717) is 11.1 Å². The molecule has 0 spiro atoms. The number of nitriles is 1. The molecule has 0 radical (unpaired) electrons. The Kier molecular flexibility index (Phi) is 4.22. The third-order valence-corrected chi connectivity index (χ3v) is 5.44. The molecule has 1 aromatic rings. The minimum atomic E-state index is -3.95. The third kappa shape index (κ3) is 2.66. The van der Waals surface area contributed by atoms with Crippen molar-refractivity contribution < 1.29 is 18.3 Å². The summed E-state index contributed by atoms with van der Waals surface area (Å²) in [6, 6.07) is 6.08. The van der Waals surface area contributed by atoms with Gasteiger partial charge in [0.2, 0.25) is 10.0 Å². The van der Waals surface area contributed by atoms with E-state index in [0.717, 1.165) is 4.31 Å². The number of hydrogen-bond acceptors (Lipinski definition) is 4. The summed E-state index contributed by atoms with van der Waals surface area (Å²) in [6.07, 6.45) is 0. The van der Waals surface area contributed by atoms with Crippen molar-refractivity contribution >= 4 is 16.0 Å². The first-order valence-electron chi connectivity index (χ1n) is 5.78. The molecule has 7 heteroatoms. The van der Waals surface area contributed by atoms with Crippen LogP contribution in [0.25, 0.3) is 0 Å². The zero-order valence-corrected chi connectivity index (χ0v) is 12.5. The van der Waals surface area contributed by atoms with Gasteiger partial charge >= 0.3 is 5.97 Å². The van der Waals surface area contributed by atoms with Gasteiger partial charge < -0.3 is 5.11 Å². The lowest BCUT2D eigenvalue weighted by molar-refractivity contribution is -0.145. The molecule has 108 valence electrons. The van der Waals surface area contributed by atoms with Gasteiger partial charge in [0.25, 0.3) is 0 Å². The number of likely N-dealkylation sites (N-methyl/N-ethyl adjacent to an activating group) is 1. The van der Waals surface area contributed by atoms with E-state index in [2.05, 4.69) is 0 Å². The molecule has 0 aromatic heterocycles. The molecule has 0 fully saturated rings. The van der Waals surface area contributed by atoms with Crippen molar-refractivity contribution in [2.75, 3.05) is 7.05 Å². The third-order valence-electron chi connectivity index (χ3n) is 3.25. The van der Waals surface area contributed by atoms with Crippen LogP contribution in [0.4, 0.5) is 0 Å². The van der Waals surface area contributed by atoms with Crippen LogP contribution in [0.5, 0.6) is 0 Å². The minimum Gasteiger partial charge on any atom is -0.480 e. The molecule has 20 heavy (non-hydrogen) atoms. The van der Waals surface area contributed by atoms with Crippen LogP contribution in [0.2, 0.25) is 0 Å². The fourth-order valence-electron chi connectivity index (χ4n) is 1.59. The Morgan fingerprint density at radius 1 is 1.40 bits per heavy atom. The van der Waals surface area contributed by atoms with Gasteiger partial charge in [0.1, 0.15) is 5.54 Å².